The summed E-state index contributed by atoms with van der Waals surface area (Å²) < 4.78 is 65.9. The Balaban J connectivity index is 2.30. The highest BCUT2D eigenvalue weighted by atomic mass is 32.2. The summed E-state index contributed by atoms with van der Waals surface area (Å²) in [5, 5.41) is 4.18. The van der Waals surface area contributed by atoms with Gasteiger partial charge >= 0.3 is 6.18 Å². The van der Waals surface area contributed by atoms with Gasteiger partial charge in [-0.25, -0.2) is 8.42 Å². The minimum Gasteiger partial charge on any atom is -0.255 e. The van der Waals surface area contributed by atoms with E-state index in [-0.39, 0.29) is 22.7 Å². The molecule has 0 amide bonds. The first-order chi connectivity index (χ1) is 13.1. The quantitative estimate of drug-likeness (QED) is 0.571. The molecule has 3 rings (SSSR count). The van der Waals surface area contributed by atoms with Crippen molar-refractivity contribution in [3.8, 4) is 22.4 Å². The molecule has 0 fully saturated rings. The minimum absolute atomic E-state index is 0.0537. The molecular weight excluding hydrogens is 389 g/mol. The molecule has 0 radical (unpaired) electrons. The van der Waals surface area contributed by atoms with Crippen molar-refractivity contribution >= 4 is 9.84 Å². The van der Waals surface area contributed by atoms with Gasteiger partial charge < -0.3 is 0 Å². The minimum atomic E-state index is -4.63. The van der Waals surface area contributed by atoms with E-state index in [1.165, 1.54) is 30.3 Å². The number of benzene rings is 2. The Hall–Kier alpha value is -2.87. The van der Waals surface area contributed by atoms with Gasteiger partial charge in [0, 0.05) is 17.4 Å². The number of sulfone groups is 1. The molecule has 2 aromatic carbocycles. The van der Waals surface area contributed by atoms with Crippen molar-refractivity contribution in [1.82, 2.24) is 9.78 Å². The van der Waals surface area contributed by atoms with Crippen LogP contribution in [0.25, 0.3) is 22.4 Å². The summed E-state index contributed by atoms with van der Waals surface area (Å²) in [5.41, 5.74) is -0.0461. The Bertz CT molecular complexity index is 1100. The van der Waals surface area contributed by atoms with E-state index >= 15 is 0 Å². The average Bonchev–Trinajstić information content (AvgIpc) is 3.02. The molecule has 0 bridgehead atoms. The zero-order valence-electron chi connectivity index (χ0n) is 14.9. The first-order valence-electron chi connectivity index (χ1n) is 8.27. The average molecular weight is 406 g/mol. The molecule has 0 saturated carbocycles. The van der Waals surface area contributed by atoms with Crippen LogP contribution in [0.3, 0.4) is 0 Å². The summed E-state index contributed by atoms with van der Waals surface area (Å²) in [7, 11) is -3.42. The summed E-state index contributed by atoms with van der Waals surface area (Å²) >= 11 is 0. The van der Waals surface area contributed by atoms with Crippen molar-refractivity contribution in [2.45, 2.75) is 17.6 Å². The summed E-state index contributed by atoms with van der Waals surface area (Å²) in [5.74, 6) is 0. The summed E-state index contributed by atoms with van der Waals surface area (Å²) in [6.07, 6.45) is -2.22. The van der Waals surface area contributed by atoms with Crippen molar-refractivity contribution in [2.24, 2.45) is 0 Å². The zero-order valence-corrected chi connectivity index (χ0v) is 15.8. The lowest BCUT2D eigenvalue weighted by molar-refractivity contribution is -0.143. The van der Waals surface area contributed by atoms with Gasteiger partial charge in [-0.1, -0.05) is 48.5 Å². The van der Waals surface area contributed by atoms with Crippen LogP contribution in [-0.2, 0) is 22.6 Å². The number of allylic oxidation sites excluding steroid dienone is 1. The van der Waals surface area contributed by atoms with E-state index in [2.05, 4.69) is 11.7 Å². The Kier molecular flexibility index (Phi) is 5.16. The van der Waals surface area contributed by atoms with Crippen LogP contribution in [0.4, 0.5) is 13.2 Å². The molecule has 0 aliphatic heterocycles. The maximum absolute atomic E-state index is 13.9. The van der Waals surface area contributed by atoms with Gasteiger partial charge in [0.1, 0.15) is 5.69 Å². The second-order valence-electron chi connectivity index (χ2n) is 6.20. The first kappa shape index (κ1) is 19.9. The van der Waals surface area contributed by atoms with Gasteiger partial charge in [-0.05, 0) is 17.7 Å². The van der Waals surface area contributed by atoms with Gasteiger partial charge in [0.15, 0.2) is 15.5 Å². The molecule has 0 aliphatic rings. The summed E-state index contributed by atoms with van der Waals surface area (Å²) in [4.78, 5) is 0.0825. The third-order valence-corrected chi connectivity index (χ3v) is 5.27. The highest BCUT2D eigenvalue weighted by Crippen LogP contribution is 2.42. The van der Waals surface area contributed by atoms with Crippen molar-refractivity contribution in [3.05, 3.63) is 72.9 Å². The number of aromatic nitrogens is 2. The Morgan fingerprint density at radius 1 is 1.04 bits per heavy atom. The van der Waals surface area contributed by atoms with E-state index in [0.29, 0.717) is 11.1 Å². The number of halogens is 3. The van der Waals surface area contributed by atoms with E-state index in [0.717, 1.165) is 10.9 Å². The highest BCUT2D eigenvalue weighted by Gasteiger charge is 2.40. The Morgan fingerprint density at radius 2 is 1.64 bits per heavy atom. The fraction of sp³-hybridized carbons (Fsp3) is 0.150. The van der Waals surface area contributed by atoms with Crippen LogP contribution in [0.2, 0.25) is 0 Å². The van der Waals surface area contributed by atoms with Crippen molar-refractivity contribution in [2.75, 3.05) is 6.26 Å². The van der Waals surface area contributed by atoms with Crippen molar-refractivity contribution in [1.29, 1.82) is 0 Å². The van der Waals surface area contributed by atoms with E-state index in [9.17, 15) is 21.6 Å². The van der Waals surface area contributed by atoms with E-state index in [1.807, 2.05) is 0 Å². The first-order valence-corrected chi connectivity index (χ1v) is 10.2. The van der Waals surface area contributed by atoms with Gasteiger partial charge in [0.25, 0.3) is 0 Å². The topological polar surface area (TPSA) is 52.0 Å². The van der Waals surface area contributed by atoms with Crippen LogP contribution in [0.5, 0.6) is 0 Å². The number of rotatable bonds is 5. The van der Waals surface area contributed by atoms with Gasteiger partial charge in [-0.3, -0.25) is 4.68 Å². The molecule has 0 N–H and O–H groups in total. The fourth-order valence-corrected chi connectivity index (χ4v) is 3.58. The van der Waals surface area contributed by atoms with Crippen LogP contribution in [0.1, 0.15) is 5.69 Å². The van der Waals surface area contributed by atoms with Crippen molar-refractivity contribution in [3.63, 3.8) is 0 Å². The SMILES string of the molecule is C=CCn1nc(-c2ccc(S(C)(=O)=O)cc2)c(-c2ccccc2)c1C(F)(F)F. The maximum Gasteiger partial charge on any atom is 0.433 e. The summed E-state index contributed by atoms with van der Waals surface area (Å²) in [6.45, 7) is 3.39. The van der Waals surface area contributed by atoms with Gasteiger partial charge in [-0.2, -0.15) is 18.3 Å². The van der Waals surface area contributed by atoms with Crippen LogP contribution in [0.15, 0.2) is 72.1 Å². The van der Waals surface area contributed by atoms with Gasteiger partial charge in [0.05, 0.1) is 11.4 Å². The number of alkyl halides is 3. The molecule has 4 nitrogen and oxygen atoms in total. The van der Waals surface area contributed by atoms with Gasteiger partial charge in [0.2, 0.25) is 0 Å². The second kappa shape index (κ2) is 7.27. The monoisotopic (exact) mass is 406 g/mol. The smallest absolute Gasteiger partial charge is 0.255 e. The van der Waals surface area contributed by atoms with Gasteiger partial charge in [-0.15, -0.1) is 6.58 Å². The molecule has 0 unspecified atom stereocenters. The molecule has 8 heteroatoms. The summed E-state index contributed by atoms with van der Waals surface area (Å²) in [6, 6.07) is 13.8. The third-order valence-electron chi connectivity index (χ3n) is 4.14. The number of hydrogen-bond acceptors (Lipinski definition) is 3. The molecule has 0 spiro atoms. The van der Waals surface area contributed by atoms with E-state index in [4.69, 9.17) is 0 Å². The molecule has 1 aromatic heterocycles. The molecule has 0 atom stereocenters. The standard InChI is InChI=1S/C20H17F3N2O2S/c1-3-13-25-19(20(21,22)23)17(14-7-5-4-6-8-14)18(24-25)15-9-11-16(12-10-15)28(2,26)27/h3-12H,1,13H2,2H3. The van der Waals surface area contributed by atoms with Crippen LogP contribution < -0.4 is 0 Å². The molecule has 0 saturated heterocycles. The highest BCUT2D eigenvalue weighted by molar-refractivity contribution is 7.90. The maximum atomic E-state index is 13.9. The number of hydrogen-bond donors (Lipinski definition) is 0. The molecule has 1 heterocycles. The van der Waals surface area contributed by atoms with E-state index in [1.54, 1.807) is 30.3 Å². The fourth-order valence-electron chi connectivity index (χ4n) is 2.94. The predicted molar refractivity (Wildman–Crippen MR) is 101 cm³/mol. The molecule has 3 aromatic rings. The largest absolute Gasteiger partial charge is 0.433 e. The normalized spacial score (nSPS) is 12.1. The van der Waals surface area contributed by atoms with E-state index < -0.39 is 21.7 Å². The Labute approximate surface area is 160 Å². The van der Waals surface area contributed by atoms with Crippen LogP contribution in [0, 0.1) is 0 Å². The molecule has 28 heavy (non-hydrogen) atoms. The lowest BCUT2D eigenvalue weighted by Crippen LogP contribution is -2.15. The molecule has 146 valence electrons. The zero-order chi connectivity index (χ0) is 20.5. The Morgan fingerprint density at radius 3 is 2.14 bits per heavy atom. The third kappa shape index (κ3) is 3.87. The lowest BCUT2D eigenvalue weighted by atomic mass is 9.98. The second-order valence-corrected chi connectivity index (χ2v) is 8.22. The molecular formula is C20H17F3N2O2S. The predicted octanol–water partition coefficient (Wildman–Crippen LogP) is 4.83. The lowest BCUT2D eigenvalue weighted by Gasteiger charge is -2.12. The van der Waals surface area contributed by atoms with Crippen LogP contribution >= 0.6 is 0 Å². The molecule has 0 aliphatic carbocycles. The van der Waals surface area contributed by atoms with Crippen LogP contribution in [-0.4, -0.2) is 24.5 Å². The number of nitrogens with zero attached hydrogens (tertiary/aromatic N) is 2. The van der Waals surface area contributed by atoms with Crippen molar-refractivity contribution < 1.29 is 21.6 Å².